The van der Waals surface area contributed by atoms with Gasteiger partial charge < -0.3 is 9.80 Å². The van der Waals surface area contributed by atoms with Gasteiger partial charge in [0.1, 0.15) is 0 Å². The molecule has 0 unspecified atom stereocenters. The van der Waals surface area contributed by atoms with Crippen molar-refractivity contribution in [2.75, 3.05) is 9.80 Å². The number of rotatable bonds is 12. The number of fused-ring (bicyclic) bond motifs is 7. The minimum atomic E-state index is -1.73. The van der Waals surface area contributed by atoms with Gasteiger partial charge in [-0.05, 0) is 176 Å². The maximum Gasteiger partial charge on any atom is 0.252 e. The van der Waals surface area contributed by atoms with Crippen LogP contribution in [0.25, 0.3) is 77.9 Å². The van der Waals surface area contributed by atoms with Gasteiger partial charge in [-0.3, -0.25) is 0 Å². The smallest absolute Gasteiger partial charge is 0.252 e. The molecule has 14 aromatic rings. The lowest BCUT2D eigenvalue weighted by Crippen LogP contribution is -2.61. The van der Waals surface area contributed by atoms with Crippen molar-refractivity contribution in [3.05, 3.63) is 355 Å². The lowest BCUT2D eigenvalue weighted by molar-refractivity contribution is 0.590. The quantitative estimate of drug-likeness (QED) is 0.113. The highest BCUT2D eigenvalue weighted by atomic mass is 28.3. The average Bonchev–Trinajstić information content (AvgIpc) is 1.54. The van der Waals surface area contributed by atoms with E-state index in [2.05, 4.69) is 412 Å². The Bertz CT molecular complexity index is 5330. The van der Waals surface area contributed by atoms with Gasteiger partial charge >= 0.3 is 0 Å². The van der Waals surface area contributed by atoms with Gasteiger partial charge in [-0.15, -0.1) is 0 Å². The van der Waals surface area contributed by atoms with E-state index in [-0.39, 0.29) is 17.5 Å². The second-order valence-electron chi connectivity index (χ2n) is 33.3. The van der Waals surface area contributed by atoms with E-state index in [0.717, 1.165) is 56.4 Å². The predicted octanol–water partition coefficient (Wildman–Crippen LogP) is 23.8. The van der Waals surface area contributed by atoms with Crippen molar-refractivity contribution in [2.45, 2.75) is 97.1 Å². The minimum absolute atomic E-state index is 0.0192. The second-order valence-corrected chi connectivity index (χ2v) is 43.5. The fourth-order valence-corrected chi connectivity index (χ4v) is 19.4. The van der Waals surface area contributed by atoms with Crippen LogP contribution in [0.4, 0.5) is 34.1 Å². The molecule has 0 atom stereocenters. The van der Waals surface area contributed by atoms with E-state index in [0.29, 0.717) is 0 Å². The summed E-state index contributed by atoms with van der Waals surface area (Å²) >= 11 is 0. The maximum atomic E-state index is 2.70. The van der Waals surface area contributed by atoms with Gasteiger partial charge in [-0.2, -0.15) is 0 Å². The molecule has 0 saturated heterocycles. The van der Waals surface area contributed by atoms with Crippen molar-refractivity contribution in [1.82, 2.24) is 0 Å². The number of anilines is 6. The normalized spacial score (nSPS) is 13.6. The third kappa shape index (κ3) is 11.4. The molecule has 5 heteroatoms. The molecule has 3 aliphatic rings. The summed E-state index contributed by atoms with van der Waals surface area (Å²) < 4.78 is 0. The molecular formula is C99H89BN2Si2. The van der Waals surface area contributed by atoms with Gasteiger partial charge in [0.25, 0.3) is 6.71 Å². The van der Waals surface area contributed by atoms with Crippen LogP contribution >= 0.6 is 0 Å². The van der Waals surface area contributed by atoms with E-state index >= 15 is 0 Å². The Morgan fingerprint density at radius 3 is 0.990 bits per heavy atom. The summed E-state index contributed by atoms with van der Waals surface area (Å²) in [6.45, 7) is 28.4. The van der Waals surface area contributed by atoms with Crippen LogP contribution in [0.15, 0.2) is 322 Å². The van der Waals surface area contributed by atoms with Crippen molar-refractivity contribution in [2.24, 2.45) is 0 Å². The zero-order chi connectivity index (χ0) is 71.6. The third-order valence-electron chi connectivity index (χ3n) is 22.6. The molecule has 0 bridgehead atoms. The van der Waals surface area contributed by atoms with Crippen LogP contribution in [0, 0.1) is 0 Å². The van der Waals surface area contributed by atoms with Crippen LogP contribution in [0.5, 0.6) is 0 Å². The Hall–Kier alpha value is -10.8. The average molecular weight is 1370 g/mol. The van der Waals surface area contributed by atoms with Gasteiger partial charge in [0.05, 0.1) is 32.9 Å². The molecule has 1 aliphatic carbocycles. The van der Waals surface area contributed by atoms with Gasteiger partial charge in [-0.25, -0.2) is 0 Å². The fourth-order valence-electron chi connectivity index (χ4n) is 17.0. The van der Waals surface area contributed by atoms with E-state index in [1.54, 1.807) is 0 Å². The Morgan fingerprint density at radius 1 is 0.260 bits per heavy atom. The Morgan fingerprint density at radius 2 is 0.596 bits per heavy atom. The largest absolute Gasteiger partial charge is 0.311 e. The molecular weight excluding hydrogens is 1280 g/mol. The zero-order valence-corrected chi connectivity index (χ0v) is 64.1. The maximum absolute atomic E-state index is 2.70. The summed E-state index contributed by atoms with van der Waals surface area (Å²) in [6.07, 6.45) is 0. The highest BCUT2D eigenvalue weighted by molar-refractivity contribution is 7.00. The first-order chi connectivity index (χ1) is 50.1. The highest BCUT2D eigenvalue weighted by Crippen LogP contribution is 2.59. The van der Waals surface area contributed by atoms with E-state index in [9.17, 15) is 0 Å². The van der Waals surface area contributed by atoms with E-state index < -0.39 is 21.6 Å². The molecule has 0 amide bonds. The predicted molar refractivity (Wildman–Crippen MR) is 454 cm³/mol. The first-order valence-electron chi connectivity index (χ1n) is 37.2. The SMILES string of the molecule is CC(C)(C)c1ccc(-c2ccc(N3c4ccc(-c5cccc([Si](C)(C)C)c5)cc4B4c5cc(-c6cccc([Si](C)(C)C)c6)ccc5N(c5ccc(-c6ccc(C(C)(C)C)cc6)cc5-c5ccccc5)c5cc(C6(c7ccccc7)c7ccccc7-c7ccccc76)cc3c54)c(-c3ccccc3)c2)cc1. The van der Waals surface area contributed by atoms with Crippen LogP contribution in [0.1, 0.15) is 74.9 Å². The van der Waals surface area contributed by atoms with E-state index in [1.165, 1.54) is 116 Å². The molecule has 0 aromatic heterocycles. The second kappa shape index (κ2) is 25.3. The number of nitrogens with zero attached hydrogens (tertiary/aromatic N) is 2. The minimum Gasteiger partial charge on any atom is -0.311 e. The first kappa shape index (κ1) is 66.4. The van der Waals surface area contributed by atoms with Crippen LogP contribution in [-0.2, 0) is 16.2 Å². The van der Waals surface area contributed by atoms with E-state index in [1.807, 2.05) is 0 Å². The summed E-state index contributed by atoms with van der Waals surface area (Å²) in [5.74, 6) is 0. The van der Waals surface area contributed by atoms with Crippen molar-refractivity contribution in [1.29, 1.82) is 0 Å². The van der Waals surface area contributed by atoms with E-state index in [4.69, 9.17) is 0 Å². The summed E-state index contributed by atoms with van der Waals surface area (Å²) in [5, 5.41) is 2.90. The van der Waals surface area contributed by atoms with Gasteiger partial charge in [0.15, 0.2) is 0 Å². The molecule has 2 nitrogen and oxygen atoms in total. The monoisotopic (exact) mass is 1370 g/mol. The van der Waals surface area contributed by atoms with Crippen LogP contribution in [0.2, 0.25) is 39.3 Å². The third-order valence-corrected chi connectivity index (χ3v) is 26.7. The topological polar surface area (TPSA) is 6.48 Å². The number of benzene rings is 14. The number of hydrogen-bond donors (Lipinski definition) is 0. The molecule has 0 radical (unpaired) electrons. The van der Waals surface area contributed by atoms with Crippen molar-refractivity contribution in [3.63, 3.8) is 0 Å². The van der Waals surface area contributed by atoms with Crippen molar-refractivity contribution in [3.8, 4) is 77.9 Å². The van der Waals surface area contributed by atoms with Crippen LogP contribution in [0.3, 0.4) is 0 Å². The fraction of sp³-hybridized carbons (Fsp3) is 0.152. The molecule has 2 aliphatic heterocycles. The molecule has 506 valence electrons. The Balaban J connectivity index is 1.04. The summed E-state index contributed by atoms with van der Waals surface area (Å²) in [6, 6.07) is 125. The molecule has 0 spiro atoms. The van der Waals surface area contributed by atoms with Crippen LogP contribution < -0.4 is 36.6 Å². The van der Waals surface area contributed by atoms with Gasteiger partial charge in [-0.1, -0.05) is 364 Å². The van der Waals surface area contributed by atoms with Crippen molar-refractivity contribution >= 4 is 83.7 Å². The summed E-state index contributed by atoms with van der Waals surface area (Å²) in [5.41, 5.74) is 34.3. The molecule has 14 aromatic carbocycles. The molecule has 0 N–H and O–H groups in total. The van der Waals surface area contributed by atoms with Gasteiger partial charge in [0.2, 0.25) is 0 Å². The van der Waals surface area contributed by atoms with Crippen LogP contribution in [-0.4, -0.2) is 22.9 Å². The summed E-state index contributed by atoms with van der Waals surface area (Å²) in [7, 11) is -3.47. The first-order valence-corrected chi connectivity index (χ1v) is 44.2. The molecule has 0 fully saturated rings. The molecule has 0 saturated carbocycles. The highest BCUT2D eigenvalue weighted by Gasteiger charge is 2.50. The molecule has 2 heterocycles. The molecule has 104 heavy (non-hydrogen) atoms. The Labute approximate surface area is 619 Å². The lowest BCUT2D eigenvalue weighted by Gasteiger charge is -2.46. The zero-order valence-electron chi connectivity index (χ0n) is 62.1. The standard InChI is InChI=1S/C99H89BN2Si2/c1-97(2,3)76-50-42-66(43-51-76)72-46-54-90(84(60-72)68-28-16-13-17-29-68)101-92-56-48-74(70-32-26-36-80(58-70)103(7,8)9)62-88(92)100-89-63-75(71-33-27-37-81(59-71)104(10,11)12)49-57-93(89)102(91-55-47-73(61-85(91)69-30-18-14-19-31-69)67-44-52-77(53-45-67)98(4,5)6)95-65-79(64-94(101)96(95)100)99(78-34-20-15-21-35-78)86-40-24-22-38-82(86)83-39-23-25-41-87(83)99/h13-65H,1-12H3. The number of hydrogen-bond acceptors (Lipinski definition) is 2. The Kier molecular flexibility index (Phi) is 16.1. The van der Waals surface area contributed by atoms with Crippen molar-refractivity contribution < 1.29 is 0 Å². The lowest BCUT2D eigenvalue weighted by atomic mass is 9.33. The molecule has 17 rings (SSSR count). The summed E-state index contributed by atoms with van der Waals surface area (Å²) in [4.78, 5) is 5.40. The van der Waals surface area contributed by atoms with Gasteiger partial charge in [0, 0.05) is 33.9 Å².